The number of benzene rings is 1. The second-order valence-corrected chi connectivity index (χ2v) is 9.39. The van der Waals surface area contributed by atoms with Crippen molar-refractivity contribution in [2.75, 3.05) is 29.0 Å². The van der Waals surface area contributed by atoms with Gasteiger partial charge in [0.25, 0.3) is 0 Å². The lowest BCUT2D eigenvalue weighted by atomic mass is 9.86. The largest absolute Gasteiger partial charge is 0.362 e. The Hall–Kier alpha value is -1.76. The van der Waals surface area contributed by atoms with Crippen LogP contribution in [0, 0.1) is 5.92 Å². The molecule has 144 valence electrons. The van der Waals surface area contributed by atoms with Gasteiger partial charge in [-0.15, -0.1) is 0 Å². The number of amides is 1. The normalized spacial score (nSPS) is 23.2. The van der Waals surface area contributed by atoms with Crippen LogP contribution in [-0.2, 0) is 21.2 Å². The zero-order valence-corrected chi connectivity index (χ0v) is 16.4. The molecule has 0 saturated heterocycles. The fourth-order valence-corrected chi connectivity index (χ4v) is 4.71. The summed E-state index contributed by atoms with van der Waals surface area (Å²) in [5.41, 5.74) is 2.55. The third kappa shape index (κ3) is 4.69. The van der Waals surface area contributed by atoms with Crippen molar-refractivity contribution in [2.24, 2.45) is 5.92 Å². The number of nitrogens with one attached hydrogen (secondary N) is 2. The zero-order valence-electron chi connectivity index (χ0n) is 15.6. The van der Waals surface area contributed by atoms with Crippen LogP contribution in [-0.4, -0.2) is 39.7 Å². The number of hydrogen-bond acceptors (Lipinski definition) is 4. The maximum Gasteiger partial charge on any atom is 0.239 e. The second kappa shape index (κ2) is 7.86. The Morgan fingerprint density at radius 3 is 2.73 bits per heavy atom. The quantitative estimate of drug-likeness (QED) is 0.824. The van der Waals surface area contributed by atoms with Crippen LogP contribution in [0.5, 0.6) is 0 Å². The van der Waals surface area contributed by atoms with Crippen LogP contribution < -0.4 is 14.9 Å². The lowest BCUT2D eigenvalue weighted by molar-refractivity contribution is -0.121. The summed E-state index contributed by atoms with van der Waals surface area (Å²) in [5.74, 6) is 0.588. The first-order valence-corrected chi connectivity index (χ1v) is 11.4. The fraction of sp³-hybridized carbons (Fsp3) is 0.632. The summed E-state index contributed by atoms with van der Waals surface area (Å²) < 4.78 is 25.8. The highest BCUT2D eigenvalue weighted by atomic mass is 32.2. The average molecular weight is 380 g/mol. The Balaban J connectivity index is 1.71. The lowest BCUT2D eigenvalue weighted by Crippen LogP contribution is -2.46. The van der Waals surface area contributed by atoms with Gasteiger partial charge in [0.05, 0.1) is 18.5 Å². The van der Waals surface area contributed by atoms with Gasteiger partial charge in [0, 0.05) is 18.3 Å². The summed E-state index contributed by atoms with van der Waals surface area (Å²) in [6, 6.07) is 5.87. The summed E-state index contributed by atoms with van der Waals surface area (Å²) in [4.78, 5) is 14.6. The molecule has 2 N–H and O–H groups in total. The summed E-state index contributed by atoms with van der Waals surface area (Å²) in [5, 5.41) is 3.21. The number of anilines is 2. The molecule has 6 nitrogen and oxygen atoms in total. The van der Waals surface area contributed by atoms with E-state index in [2.05, 4.69) is 21.9 Å². The van der Waals surface area contributed by atoms with Crippen molar-refractivity contribution in [1.29, 1.82) is 0 Å². The van der Waals surface area contributed by atoms with Crippen molar-refractivity contribution in [1.82, 2.24) is 5.32 Å². The molecule has 1 heterocycles. The number of sulfonamides is 1. The third-order valence-electron chi connectivity index (χ3n) is 5.43. The van der Waals surface area contributed by atoms with Crippen LogP contribution in [0.3, 0.4) is 0 Å². The van der Waals surface area contributed by atoms with Gasteiger partial charge >= 0.3 is 0 Å². The molecule has 0 radical (unpaired) electrons. The van der Waals surface area contributed by atoms with E-state index in [9.17, 15) is 13.2 Å². The van der Waals surface area contributed by atoms with Gasteiger partial charge in [-0.05, 0) is 49.3 Å². The number of nitrogens with zero attached hydrogens (tertiary/aromatic N) is 1. The van der Waals surface area contributed by atoms with E-state index in [-0.39, 0.29) is 11.9 Å². The minimum atomic E-state index is -3.32. The second-order valence-electron chi connectivity index (χ2n) is 7.64. The number of hydrogen-bond donors (Lipinski definition) is 2. The van der Waals surface area contributed by atoms with E-state index in [1.54, 1.807) is 6.07 Å². The Morgan fingerprint density at radius 1 is 1.23 bits per heavy atom. The average Bonchev–Trinajstić information content (AvgIpc) is 2.56. The molecule has 26 heavy (non-hydrogen) atoms. The molecule has 1 amide bonds. The molecule has 0 unspecified atom stereocenters. The van der Waals surface area contributed by atoms with E-state index in [1.807, 2.05) is 12.1 Å². The van der Waals surface area contributed by atoms with Crippen LogP contribution >= 0.6 is 0 Å². The van der Waals surface area contributed by atoms with Crippen LogP contribution in [0.4, 0.5) is 11.4 Å². The Labute approximate surface area is 156 Å². The Bertz CT molecular complexity index is 763. The van der Waals surface area contributed by atoms with Gasteiger partial charge in [-0.2, -0.15) is 0 Å². The number of carbonyl (C=O) groups is 1. The van der Waals surface area contributed by atoms with Crippen molar-refractivity contribution in [3.05, 3.63) is 23.8 Å². The van der Waals surface area contributed by atoms with Crippen molar-refractivity contribution in [3.63, 3.8) is 0 Å². The summed E-state index contributed by atoms with van der Waals surface area (Å²) >= 11 is 0. The monoisotopic (exact) mass is 379 g/mol. The van der Waals surface area contributed by atoms with E-state index in [4.69, 9.17) is 0 Å². The van der Waals surface area contributed by atoms with Gasteiger partial charge in [-0.3, -0.25) is 9.52 Å². The molecule has 1 aromatic rings. The SMILES string of the molecule is C[C@H]1CCCC[C@H]1NC(=O)CN1CCCc2c(NS(C)(=O)=O)cccc21. The van der Waals surface area contributed by atoms with Crippen molar-refractivity contribution in [2.45, 2.75) is 51.5 Å². The molecule has 7 heteroatoms. The number of rotatable bonds is 5. The maximum atomic E-state index is 12.6. The fourth-order valence-electron chi connectivity index (χ4n) is 4.12. The first-order chi connectivity index (χ1) is 12.3. The predicted octanol–water partition coefficient (Wildman–Crippen LogP) is 2.51. The van der Waals surface area contributed by atoms with E-state index < -0.39 is 10.0 Å². The Morgan fingerprint density at radius 2 is 2.00 bits per heavy atom. The van der Waals surface area contributed by atoms with Gasteiger partial charge in [-0.25, -0.2) is 8.42 Å². The van der Waals surface area contributed by atoms with Crippen LogP contribution in [0.15, 0.2) is 18.2 Å². The first-order valence-electron chi connectivity index (χ1n) is 9.47. The van der Waals surface area contributed by atoms with E-state index in [1.165, 1.54) is 19.3 Å². The zero-order chi connectivity index (χ0) is 18.7. The molecule has 3 rings (SSSR count). The van der Waals surface area contributed by atoms with Crippen molar-refractivity contribution < 1.29 is 13.2 Å². The molecular formula is C19H29N3O3S. The molecule has 1 aliphatic carbocycles. The number of carbonyl (C=O) groups excluding carboxylic acids is 1. The van der Waals surface area contributed by atoms with Crippen LogP contribution in [0.25, 0.3) is 0 Å². The minimum Gasteiger partial charge on any atom is -0.362 e. The molecule has 1 fully saturated rings. The topological polar surface area (TPSA) is 78.5 Å². The maximum absolute atomic E-state index is 12.6. The predicted molar refractivity (Wildman–Crippen MR) is 105 cm³/mol. The van der Waals surface area contributed by atoms with Crippen molar-refractivity contribution >= 4 is 27.3 Å². The van der Waals surface area contributed by atoms with Gasteiger partial charge < -0.3 is 10.2 Å². The molecule has 1 saturated carbocycles. The Kier molecular flexibility index (Phi) is 5.75. The molecule has 1 aromatic carbocycles. The molecule has 2 aliphatic rings. The van der Waals surface area contributed by atoms with Crippen molar-refractivity contribution in [3.8, 4) is 0 Å². The third-order valence-corrected chi connectivity index (χ3v) is 6.03. The van der Waals surface area contributed by atoms with Gasteiger partial charge in [0.2, 0.25) is 15.9 Å². The minimum absolute atomic E-state index is 0.0538. The molecule has 0 bridgehead atoms. The first kappa shape index (κ1) is 19.0. The van der Waals surface area contributed by atoms with E-state index in [0.717, 1.165) is 43.3 Å². The van der Waals surface area contributed by atoms with Crippen LogP contribution in [0.1, 0.15) is 44.6 Å². The molecule has 0 aromatic heterocycles. The molecule has 2 atom stereocenters. The van der Waals surface area contributed by atoms with E-state index >= 15 is 0 Å². The molecular weight excluding hydrogens is 350 g/mol. The van der Waals surface area contributed by atoms with Gasteiger partial charge in [-0.1, -0.05) is 25.8 Å². The number of fused-ring (bicyclic) bond motifs is 1. The highest BCUT2D eigenvalue weighted by Crippen LogP contribution is 2.33. The highest BCUT2D eigenvalue weighted by molar-refractivity contribution is 7.92. The summed E-state index contributed by atoms with van der Waals surface area (Å²) in [7, 11) is -3.32. The highest BCUT2D eigenvalue weighted by Gasteiger charge is 2.26. The van der Waals surface area contributed by atoms with Gasteiger partial charge in [0.15, 0.2) is 0 Å². The summed E-state index contributed by atoms with van der Waals surface area (Å²) in [6.45, 7) is 3.34. The van der Waals surface area contributed by atoms with Gasteiger partial charge in [0.1, 0.15) is 0 Å². The summed E-state index contributed by atoms with van der Waals surface area (Å²) in [6.07, 6.45) is 7.55. The van der Waals surface area contributed by atoms with Crippen LogP contribution in [0.2, 0.25) is 0 Å². The van der Waals surface area contributed by atoms with E-state index in [0.29, 0.717) is 18.2 Å². The molecule has 1 aliphatic heterocycles. The standard InChI is InChI=1S/C19H29N3O3S/c1-14-7-3-4-9-16(14)20-19(23)13-22-12-6-8-15-17(21-26(2,24)25)10-5-11-18(15)22/h5,10-11,14,16,21H,3-4,6-9,12-13H2,1-2H3,(H,20,23)/t14-,16+/m0/s1. The smallest absolute Gasteiger partial charge is 0.239 e. The molecule has 0 spiro atoms. The lowest BCUT2D eigenvalue weighted by Gasteiger charge is -2.34.